The lowest BCUT2D eigenvalue weighted by Gasteiger charge is -2.18. The van der Waals surface area contributed by atoms with Gasteiger partial charge in [-0.15, -0.1) is 0 Å². The van der Waals surface area contributed by atoms with Crippen molar-refractivity contribution in [1.82, 2.24) is 4.90 Å². The Morgan fingerprint density at radius 1 is 0.500 bits per heavy atom. The number of para-hydroxylation sites is 2. The van der Waals surface area contributed by atoms with E-state index in [9.17, 15) is 0 Å². The zero-order valence-electron chi connectivity index (χ0n) is 19.9. The molecule has 174 valence electrons. The van der Waals surface area contributed by atoms with Crippen LogP contribution in [0.1, 0.15) is 12.8 Å². The SMILES string of the molecule is CN(CCCOc1ccccc1-c1ccccc1)CCCOc1ccccc1-c1ccccc1. The number of hydrogen-bond donors (Lipinski definition) is 0. The molecule has 0 aliphatic rings. The maximum atomic E-state index is 6.13. The Balaban J connectivity index is 1.17. The quantitative estimate of drug-likeness (QED) is 0.213. The Hall–Kier alpha value is -3.56. The summed E-state index contributed by atoms with van der Waals surface area (Å²) in [6.45, 7) is 3.40. The van der Waals surface area contributed by atoms with Crippen LogP contribution in [0.25, 0.3) is 22.3 Å². The third kappa shape index (κ3) is 6.72. The molecule has 4 aromatic rings. The van der Waals surface area contributed by atoms with E-state index in [1.165, 1.54) is 11.1 Å². The second kappa shape index (κ2) is 12.6. The summed E-state index contributed by atoms with van der Waals surface area (Å²) in [5, 5.41) is 0. The summed E-state index contributed by atoms with van der Waals surface area (Å²) in [4.78, 5) is 2.35. The van der Waals surface area contributed by atoms with Crippen LogP contribution < -0.4 is 9.47 Å². The van der Waals surface area contributed by atoms with Crippen LogP contribution in [0.15, 0.2) is 109 Å². The van der Waals surface area contributed by atoms with Crippen LogP contribution >= 0.6 is 0 Å². The number of hydrogen-bond acceptors (Lipinski definition) is 3. The van der Waals surface area contributed by atoms with E-state index in [0.29, 0.717) is 13.2 Å². The summed E-state index contributed by atoms with van der Waals surface area (Å²) < 4.78 is 12.3. The minimum Gasteiger partial charge on any atom is -0.493 e. The van der Waals surface area contributed by atoms with Crippen LogP contribution in [0.2, 0.25) is 0 Å². The molecule has 0 amide bonds. The molecular formula is C31H33NO2. The first-order chi connectivity index (χ1) is 16.8. The van der Waals surface area contributed by atoms with Gasteiger partial charge in [0, 0.05) is 24.2 Å². The summed E-state index contributed by atoms with van der Waals surface area (Å²) in [5.74, 6) is 1.89. The molecule has 0 heterocycles. The van der Waals surface area contributed by atoms with Crippen LogP contribution in [0, 0.1) is 0 Å². The molecule has 34 heavy (non-hydrogen) atoms. The van der Waals surface area contributed by atoms with E-state index >= 15 is 0 Å². The van der Waals surface area contributed by atoms with Crippen molar-refractivity contribution in [3.8, 4) is 33.8 Å². The molecule has 4 rings (SSSR count). The van der Waals surface area contributed by atoms with Gasteiger partial charge in [0.05, 0.1) is 13.2 Å². The average Bonchev–Trinajstić information content (AvgIpc) is 2.90. The second-order valence-corrected chi connectivity index (χ2v) is 8.43. The van der Waals surface area contributed by atoms with Gasteiger partial charge < -0.3 is 14.4 Å². The zero-order valence-corrected chi connectivity index (χ0v) is 19.9. The maximum absolute atomic E-state index is 6.13. The van der Waals surface area contributed by atoms with Crippen molar-refractivity contribution in [2.75, 3.05) is 33.4 Å². The molecule has 0 aliphatic heterocycles. The van der Waals surface area contributed by atoms with E-state index in [1.54, 1.807) is 0 Å². The first-order valence-electron chi connectivity index (χ1n) is 12.0. The van der Waals surface area contributed by atoms with Gasteiger partial charge in [-0.2, -0.15) is 0 Å². The standard InChI is InChI=1S/C31H33NO2/c1-32(22-12-24-33-30-20-10-8-18-28(30)26-14-4-2-5-15-26)23-13-25-34-31-21-11-9-19-29(31)27-16-6-3-7-17-27/h2-11,14-21H,12-13,22-25H2,1H3. The summed E-state index contributed by atoms with van der Waals surface area (Å²) in [6, 6.07) is 37.3. The van der Waals surface area contributed by atoms with Crippen LogP contribution in [0.3, 0.4) is 0 Å². The topological polar surface area (TPSA) is 21.7 Å². The largest absolute Gasteiger partial charge is 0.493 e. The summed E-state index contributed by atoms with van der Waals surface area (Å²) >= 11 is 0. The van der Waals surface area contributed by atoms with E-state index < -0.39 is 0 Å². The van der Waals surface area contributed by atoms with Crippen LogP contribution in [-0.2, 0) is 0 Å². The van der Waals surface area contributed by atoms with Crippen molar-refractivity contribution in [1.29, 1.82) is 0 Å². The van der Waals surface area contributed by atoms with Crippen LogP contribution in [0.4, 0.5) is 0 Å². The molecule has 0 bridgehead atoms. The Morgan fingerprint density at radius 2 is 0.882 bits per heavy atom. The average molecular weight is 452 g/mol. The molecule has 0 saturated carbocycles. The molecule has 3 nitrogen and oxygen atoms in total. The van der Waals surface area contributed by atoms with Crippen molar-refractivity contribution < 1.29 is 9.47 Å². The minimum absolute atomic E-state index is 0.704. The van der Waals surface area contributed by atoms with Gasteiger partial charge in [0.2, 0.25) is 0 Å². The van der Waals surface area contributed by atoms with Crippen molar-refractivity contribution >= 4 is 0 Å². The van der Waals surface area contributed by atoms with Crippen LogP contribution in [0.5, 0.6) is 11.5 Å². The summed E-state index contributed by atoms with van der Waals surface area (Å²) in [5.41, 5.74) is 4.65. The van der Waals surface area contributed by atoms with Gasteiger partial charge in [0.25, 0.3) is 0 Å². The zero-order chi connectivity index (χ0) is 23.4. The number of nitrogens with zero attached hydrogens (tertiary/aromatic N) is 1. The van der Waals surface area contributed by atoms with Crippen molar-refractivity contribution in [3.63, 3.8) is 0 Å². The van der Waals surface area contributed by atoms with E-state index in [2.05, 4.69) is 96.9 Å². The van der Waals surface area contributed by atoms with Gasteiger partial charge in [-0.1, -0.05) is 97.1 Å². The smallest absolute Gasteiger partial charge is 0.127 e. The number of ether oxygens (including phenoxy) is 2. The molecule has 0 atom stereocenters. The normalized spacial score (nSPS) is 10.9. The fraction of sp³-hybridized carbons (Fsp3) is 0.226. The Morgan fingerprint density at radius 3 is 1.32 bits per heavy atom. The molecule has 0 fully saturated rings. The van der Waals surface area contributed by atoms with Crippen molar-refractivity contribution in [3.05, 3.63) is 109 Å². The first-order valence-corrected chi connectivity index (χ1v) is 12.0. The van der Waals surface area contributed by atoms with Gasteiger partial charge in [0.1, 0.15) is 11.5 Å². The lowest BCUT2D eigenvalue weighted by molar-refractivity contribution is 0.240. The van der Waals surface area contributed by atoms with Gasteiger partial charge in [-0.05, 0) is 43.1 Å². The maximum Gasteiger partial charge on any atom is 0.127 e. The second-order valence-electron chi connectivity index (χ2n) is 8.43. The van der Waals surface area contributed by atoms with E-state index in [0.717, 1.165) is 48.6 Å². The molecule has 0 saturated heterocycles. The molecule has 0 spiro atoms. The predicted octanol–water partition coefficient (Wildman–Crippen LogP) is 7.19. The predicted molar refractivity (Wildman–Crippen MR) is 141 cm³/mol. The van der Waals surface area contributed by atoms with E-state index in [1.807, 2.05) is 24.3 Å². The highest BCUT2D eigenvalue weighted by molar-refractivity contribution is 5.71. The monoisotopic (exact) mass is 451 g/mol. The molecular weight excluding hydrogens is 418 g/mol. The lowest BCUT2D eigenvalue weighted by Crippen LogP contribution is -2.23. The lowest BCUT2D eigenvalue weighted by atomic mass is 10.1. The number of rotatable bonds is 12. The molecule has 0 aromatic heterocycles. The Kier molecular flexibility index (Phi) is 8.76. The molecule has 4 aromatic carbocycles. The van der Waals surface area contributed by atoms with Gasteiger partial charge >= 0.3 is 0 Å². The van der Waals surface area contributed by atoms with Crippen LogP contribution in [-0.4, -0.2) is 38.3 Å². The van der Waals surface area contributed by atoms with Crippen molar-refractivity contribution in [2.24, 2.45) is 0 Å². The minimum atomic E-state index is 0.704. The van der Waals surface area contributed by atoms with Gasteiger partial charge in [-0.3, -0.25) is 0 Å². The third-order valence-electron chi connectivity index (χ3n) is 5.83. The number of benzene rings is 4. The highest BCUT2D eigenvalue weighted by Crippen LogP contribution is 2.30. The molecule has 0 aliphatic carbocycles. The van der Waals surface area contributed by atoms with Gasteiger partial charge in [0.15, 0.2) is 0 Å². The summed E-state index contributed by atoms with van der Waals surface area (Å²) in [7, 11) is 2.16. The highest BCUT2D eigenvalue weighted by Gasteiger charge is 2.07. The van der Waals surface area contributed by atoms with E-state index in [4.69, 9.17) is 9.47 Å². The van der Waals surface area contributed by atoms with Gasteiger partial charge in [-0.25, -0.2) is 0 Å². The Labute approximate surface area is 203 Å². The fourth-order valence-corrected chi connectivity index (χ4v) is 4.04. The molecule has 0 radical (unpaired) electrons. The summed E-state index contributed by atoms with van der Waals surface area (Å²) in [6.07, 6.45) is 1.97. The fourth-order valence-electron chi connectivity index (χ4n) is 4.04. The third-order valence-corrected chi connectivity index (χ3v) is 5.83. The first kappa shape index (κ1) is 23.6. The van der Waals surface area contributed by atoms with E-state index in [-0.39, 0.29) is 0 Å². The Bertz CT molecular complexity index is 1040. The molecule has 3 heteroatoms. The molecule has 0 unspecified atom stereocenters. The highest BCUT2D eigenvalue weighted by atomic mass is 16.5. The molecule has 0 N–H and O–H groups in total. The van der Waals surface area contributed by atoms with Crippen molar-refractivity contribution in [2.45, 2.75) is 12.8 Å².